The lowest BCUT2D eigenvalue weighted by Gasteiger charge is -2.24. The van der Waals surface area contributed by atoms with Gasteiger partial charge in [0.1, 0.15) is 12.0 Å². The fraction of sp³-hybridized carbons (Fsp3) is 0.941. The zero-order valence-electron chi connectivity index (χ0n) is 15.6. The lowest BCUT2D eigenvalue weighted by molar-refractivity contribution is -0.173. The van der Waals surface area contributed by atoms with Gasteiger partial charge in [0.05, 0.1) is 18.8 Å². The largest absolute Gasteiger partial charge is 0.471 e. The van der Waals surface area contributed by atoms with Crippen molar-refractivity contribution in [2.45, 2.75) is 75.2 Å². The topological polar surface area (TPSA) is 67.8 Å². The Hall–Kier alpha value is -0.160. The van der Waals surface area contributed by atoms with Gasteiger partial charge in [0, 0.05) is 17.7 Å². The monoisotopic (exact) mass is 431 g/mol. The van der Waals surface area contributed by atoms with Crippen molar-refractivity contribution in [3.63, 3.8) is 0 Å². The van der Waals surface area contributed by atoms with Crippen molar-refractivity contribution in [1.82, 2.24) is 5.32 Å². The van der Waals surface area contributed by atoms with Crippen molar-refractivity contribution in [2.24, 2.45) is 5.92 Å². The maximum atomic E-state index is 12.2. The summed E-state index contributed by atoms with van der Waals surface area (Å²) >= 11 is 0. The lowest BCUT2D eigenvalue weighted by atomic mass is 9.97. The summed E-state index contributed by atoms with van der Waals surface area (Å²) in [6.07, 6.45) is 0.346. The number of alkyl halides is 3. The molecule has 1 saturated carbocycles. The van der Waals surface area contributed by atoms with E-state index in [2.05, 4.69) is 0 Å². The van der Waals surface area contributed by atoms with Gasteiger partial charge in [-0.05, 0) is 32.6 Å². The Morgan fingerprint density at radius 3 is 2.56 bits per heavy atom. The average Bonchev–Trinajstić information content (AvgIpc) is 3.24. The molecule has 1 saturated heterocycles. The summed E-state index contributed by atoms with van der Waals surface area (Å²) in [6.45, 7) is 3.33. The van der Waals surface area contributed by atoms with Gasteiger partial charge in [-0.2, -0.15) is 13.2 Å². The predicted octanol–water partition coefficient (Wildman–Crippen LogP) is 3.51. The van der Waals surface area contributed by atoms with E-state index in [0.717, 1.165) is 19.3 Å². The van der Waals surface area contributed by atoms with Gasteiger partial charge < -0.3 is 19.9 Å². The number of carbonyl (C=O) groups excluding carboxylic acids is 1. The molecule has 3 atom stereocenters. The number of nitrogens with one attached hydrogen (secondary N) is 1. The van der Waals surface area contributed by atoms with Gasteiger partial charge in [0.25, 0.3) is 0 Å². The van der Waals surface area contributed by atoms with Crippen molar-refractivity contribution >= 4 is 27.5 Å². The van der Waals surface area contributed by atoms with Crippen LogP contribution in [0.1, 0.15) is 46.0 Å². The zero-order chi connectivity index (χ0) is 20.1. The molecule has 0 aromatic heterocycles. The first kappa shape index (κ1) is 23.1. The normalized spacial score (nSPS) is 27.3. The van der Waals surface area contributed by atoms with Crippen molar-refractivity contribution in [1.29, 1.82) is 0 Å². The minimum Gasteiger partial charge on any atom is -0.394 e. The highest BCUT2D eigenvalue weighted by atomic mass is 33.1. The van der Waals surface area contributed by atoms with Crippen LogP contribution in [0, 0.1) is 5.92 Å². The van der Waals surface area contributed by atoms with Gasteiger partial charge in [0.2, 0.25) is 0 Å². The van der Waals surface area contributed by atoms with Gasteiger partial charge in [-0.3, -0.25) is 4.79 Å². The number of aliphatic hydroxyl groups is 1. The highest BCUT2D eigenvalue weighted by Crippen LogP contribution is 2.39. The number of amides is 1. The van der Waals surface area contributed by atoms with E-state index in [1.807, 2.05) is 5.32 Å². The molecule has 2 N–H and O–H groups in total. The van der Waals surface area contributed by atoms with Crippen LogP contribution in [-0.2, 0) is 14.3 Å². The molecular formula is C17H28F3NO4S2. The average molecular weight is 432 g/mol. The highest BCUT2D eigenvalue weighted by molar-refractivity contribution is 8.77. The summed E-state index contributed by atoms with van der Waals surface area (Å²) in [5.74, 6) is -1.04. The third kappa shape index (κ3) is 7.30. The number of hydrogen-bond donors (Lipinski definition) is 2. The maximum absolute atomic E-state index is 12.2. The summed E-state index contributed by atoms with van der Waals surface area (Å²) in [4.78, 5) is 10.9. The van der Waals surface area contributed by atoms with Crippen LogP contribution >= 0.6 is 21.6 Å². The van der Waals surface area contributed by atoms with Gasteiger partial charge in [-0.25, -0.2) is 0 Å². The molecule has 0 bridgehead atoms. The van der Waals surface area contributed by atoms with E-state index in [1.54, 1.807) is 13.8 Å². The van der Waals surface area contributed by atoms with Crippen LogP contribution in [0.15, 0.2) is 0 Å². The van der Waals surface area contributed by atoms with E-state index in [1.165, 1.54) is 34.4 Å². The van der Waals surface area contributed by atoms with Crippen LogP contribution in [0.5, 0.6) is 0 Å². The van der Waals surface area contributed by atoms with Crippen molar-refractivity contribution in [3.05, 3.63) is 0 Å². The fourth-order valence-electron chi connectivity index (χ4n) is 3.44. The Morgan fingerprint density at radius 1 is 1.30 bits per heavy atom. The molecular weight excluding hydrogens is 403 g/mol. The fourth-order valence-corrected chi connectivity index (χ4v) is 5.61. The smallest absolute Gasteiger partial charge is 0.394 e. The first-order valence-corrected chi connectivity index (χ1v) is 11.5. The van der Waals surface area contributed by atoms with Gasteiger partial charge in [-0.1, -0.05) is 34.4 Å². The Labute approximate surface area is 165 Å². The van der Waals surface area contributed by atoms with E-state index < -0.39 is 16.8 Å². The number of ether oxygens (including phenoxy) is 2. The standard InChI is InChI=1S/C17H28F3NO4S2/c1-16(2,9-21-15(23)17(18,19)20)27-26-10-24-13-7-12(25-14(13)8-22)11-5-3-4-6-11/h11-14,22H,3-10H2,1-2H3,(H,21,23)/t12-,13-,14?/m1/s1. The molecule has 10 heteroatoms. The van der Waals surface area contributed by atoms with E-state index >= 15 is 0 Å². The summed E-state index contributed by atoms with van der Waals surface area (Å²) in [7, 11) is 2.73. The lowest BCUT2D eigenvalue weighted by Crippen LogP contribution is -2.42. The van der Waals surface area contributed by atoms with Crippen LogP contribution in [0.3, 0.4) is 0 Å². The molecule has 2 rings (SSSR count). The molecule has 27 heavy (non-hydrogen) atoms. The molecule has 1 heterocycles. The molecule has 0 aromatic carbocycles. The first-order chi connectivity index (χ1) is 12.6. The van der Waals surface area contributed by atoms with E-state index in [4.69, 9.17) is 9.47 Å². The van der Waals surface area contributed by atoms with E-state index in [-0.39, 0.29) is 31.5 Å². The number of rotatable bonds is 9. The van der Waals surface area contributed by atoms with Crippen molar-refractivity contribution in [2.75, 3.05) is 19.1 Å². The van der Waals surface area contributed by atoms with Crippen molar-refractivity contribution < 1.29 is 32.5 Å². The Bertz CT molecular complexity index is 487. The second-order valence-electron chi connectivity index (χ2n) is 7.64. The second-order valence-corrected chi connectivity index (χ2v) is 10.6. The number of hydrogen-bond acceptors (Lipinski definition) is 6. The number of halogens is 3. The van der Waals surface area contributed by atoms with Crippen LogP contribution in [0.25, 0.3) is 0 Å². The van der Waals surface area contributed by atoms with Crippen LogP contribution < -0.4 is 5.32 Å². The van der Waals surface area contributed by atoms with Gasteiger partial charge >= 0.3 is 12.1 Å². The summed E-state index contributed by atoms with van der Waals surface area (Å²) in [6, 6.07) is 0. The zero-order valence-corrected chi connectivity index (χ0v) is 17.2. The molecule has 2 fully saturated rings. The van der Waals surface area contributed by atoms with Crippen molar-refractivity contribution in [3.8, 4) is 0 Å². The molecule has 1 aliphatic carbocycles. The minimum atomic E-state index is -4.87. The van der Waals surface area contributed by atoms with E-state index in [0.29, 0.717) is 11.9 Å². The summed E-state index contributed by atoms with van der Waals surface area (Å²) < 4.78 is 48.0. The molecule has 1 unspecified atom stereocenters. The third-order valence-corrected chi connectivity index (χ3v) is 7.82. The summed E-state index contributed by atoms with van der Waals surface area (Å²) in [5.41, 5.74) is 0. The minimum absolute atomic E-state index is 0.0827. The van der Waals surface area contributed by atoms with Crippen LogP contribution in [-0.4, -0.2) is 59.3 Å². The molecule has 0 radical (unpaired) electrons. The molecule has 158 valence electrons. The van der Waals surface area contributed by atoms with Gasteiger partial charge in [0.15, 0.2) is 0 Å². The molecule has 2 aliphatic rings. The second kappa shape index (κ2) is 10.0. The number of carbonyl (C=O) groups is 1. The SMILES string of the molecule is CC(C)(CNC(=O)C(F)(F)F)SSCO[C@@H]1C[C@H](C2CCCC2)OC1CO. The third-order valence-electron chi connectivity index (χ3n) is 4.88. The first-order valence-electron chi connectivity index (χ1n) is 9.16. The highest BCUT2D eigenvalue weighted by Gasteiger charge is 2.41. The Balaban J connectivity index is 1.68. The van der Waals surface area contributed by atoms with Crippen LogP contribution in [0.4, 0.5) is 13.2 Å². The predicted molar refractivity (Wildman–Crippen MR) is 100 cm³/mol. The quantitative estimate of drug-likeness (QED) is 0.331. The van der Waals surface area contributed by atoms with E-state index in [9.17, 15) is 23.1 Å². The molecule has 5 nitrogen and oxygen atoms in total. The number of aliphatic hydroxyl groups excluding tert-OH is 1. The maximum Gasteiger partial charge on any atom is 0.471 e. The van der Waals surface area contributed by atoms with Gasteiger partial charge in [-0.15, -0.1) is 0 Å². The van der Waals surface area contributed by atoms with Crippen LogP contribution in [0.2, 0.25) is 0 Å². The Morgan fingerprint density at radius 2 is 1.96 bits per heavy atom. The Kier molecular flexibility index (Phi) is 8.60. The molecule has 1 aliphatic heterocycles. The summed E-state index contributed by atoms with van der Waals surface area (Å²) in [5, 5.41) is 11.4. The molecule has 1 amide bonds. The molecule has 0 aromatic rings. The molecule has 0 spiro atoms.